The molecule has 2 aromatic rings. The maximum absolute atomic E-state index is 10.6. The van der Waals surface area contributed by atoms with Gasteiger partial charge >= 0.3 is 0 Å². The largest absolute Gasteiger partial charge is 0.502 e. The maximum atomic E-state index is 10.6. The second kappa shape index (κ2) is 10.6. The van der Waals surface area contributed by atoms with Gasteiger partial charge in [0.2, 0.25) is 18.3 Å². The first kappa shape index (κ1) is 26.8. The zero-order chi connectivity index (χ0) is 28.0. The summed E-state index contributed by atoms with van der Waals surface area (Å²) in [5.41, 5.74) is 2.20. The van der Waals surface area contributed by atoms with Crippen molar-refractivity contribution in [2.24, 2.45) is 16.8 Å². The average molecular weight is 556 g/mol. The highest BCUT2D eigenvalue weighted by atomic mass is 16.7. The number of aromatic hydroxyl groups is 1. The number of methoxy groups -OCH3 is 3. The van der Waals surface area contributed by atoms with Gasteiger partial charge in [-0.2, -0.15) is 0 Å². The van der Waals surface area contributed by atoms with Gasteiger partial charge in [0.1, 0.15) is 5.60 Å². The molecule has 0 aromatic heterocycles. The molecule has 10 nitrogen and oxygen atoms in total. The Balaban J connectivity index is 1.34. The van der Waals surface area contributed by atoms with E-state index >= 15 is 0 Å². The molecule has 2 fully saturated rings. The topological polar surface area (TPSA) is 106 Å². The highest BCUT2D eigenvalue weighted by Gasteiger charge is 2.46. The zero-order valence-corrected chi connectivity index (χ0v) is 23.6. The van der Waals surface area contributed by atoms with Gasteiger partial charge in [-0.05, 0) is 60.9 Å². The standard InChI is InChI=1S/C30H37NO9/c1-16-17(2)29(39-19-6-8-30(9-7-19)13-31-14-38-30)40-26(16)20-12-23-27(37-15-36-23)28(35-5)24(20)18-10-21(33-3)25(32)22(11-18)34-4/h10-12,14,16-17,19,26,29,32H,6-9,13,15H2,1-5H3/t16-,17-,19?,26+,29+,30?/m0/s1. The lowest BCUT2D eigenvalue weighted by Gasteiger charge is -2.36. The molecule has 1 spiro atoms. The first-order valence-corrected chi connectivity index (χ1v) is 13.8. The van der Waals surface area contributed by atoms with Crippen LogP contribution in [-0.4, -0.2) is 64.2 Å². The molecule has 2 aromatic carbocycles. The van der Waals surface area contributed by atoms with E-state index in [0.717, 1.165) is 48.9 Å². The van der Waals surface area contributed by atoms with Crippen LogP contribution in [0.2, 0.25) is 0 Å². The molecule has 40 heavy (non-hydrogen) atoms. The molecular formula is C30H37NO9. The number of nitrogens with zero attached hydrogens (tertiary/aromatic N) is 1. The van der Waals surface area contributed by atoms with E-state index in [2.05, 4.69) is 18.8 Å². The van der Waals surface area contributed by atoms with Gasteiger partial charge in [-0.3, -0.25) is 4.99 Å². The lowest BCUT2D eigenvalue weighted by Crippen LogP contribution is -2.40. The fraction of sp³-hybridized carbons (Fsp3) is 0.567. The quantitative estimate of drug-likeness (QED) is 0.491. The number of phenols is 1. The summed E-state index contributed by atoms with van der Waals surface area (Å²) < 4.78 is 47.6. The van der Waals surface area contributed by atoms with Crippen molar-refractivity contribution in [1.82, 2.24) is 0 Å². The molecule has 0 unspecified atom stereocenters. The van der Waals surface area contributed by atoms with Gasteiger partial charge in [-0.25, -0.2) is 0 Å². The van der Waals surface area contributed by atoms with Crippen LogP contribution in [0.1, 0.15) is 51.2 Å². The predicted octanol–water partition coefficient (Wildman–Crippen LogP) is 5.24. The Hall–Kier alpha value is -3.37. The van der Waals surface area contributed by atoms with E-state index in [0.29, 0.717) is 17.2 Å². The summed E-state index contributed by atoms with van der Waals surface area (Å²) in [6, 6.07) is 5.47. The molecule has 6 rings (SSSR count). The molecule has 1 saturated carbocycles. The summed E-state index contributed by atoms with van der Waals surface area (Å²) >= 11 is 0. The molecule has 4 atom stereocenters. The molecule has 1 aliphatic carbocycles. The van der Waals surface area contributed by atoms with Gasteiger partial charge in [-0.15, -0.1) is 0 Å². The number of hydrogen-bond acceptors (Lipinski definition) is 10. The van der Waals surface area contributed by atoms with Crippen LogP contribution in [0.5, 0.6) is 34.5 Å². The van der Waals surface area contributed by atoms with Crippen molar-refractivity contribution in [1.29, 1.82) is 0 Å². The van der Waals surface area contributed by atoms with E-state index in [1.807, 2.05) is 6.07 Å². The summed E-state index contributed by atoms with van der Waals surface area (Å²) in [5, 5.41) is 10.6. The molecule has 1 saturated heterocycles. The average Bonchev–Trinajstić information content (AvgIpc) is 3.70. The lowest BCUT2D eigenvalue weighted by atomic mass is 9.83. The van der Waals surface area contributed by atoms with Gasteiger partial charge in [0.05, 0.1) is 40.1 Å². The SMILES string of the molecule is COc1cc(-c2c([C@@H]3O[C@@H](OC4CCC5(CC4)CN=CO5)[C@@H](C)[C@@H]3C)cc3c(c2OC)OCO3)cc(OC)c1O. The third-order valence-electron chi connectivity index (χ3n) is 8.87. The molecule has 1 N–H and O–H groups in total. The van der Waals surface area contributed by atoms with E-state index in [-0.39, 0.29) is 60.0 Å². The van der Waals surface area contributed by atoms with Crippen molar-refractivity contribution in [3.05, 3.63) is 23.8 Å². The summed E-state index contributed by atoms with van der Waals surface area (Å²) in [4.78, 5) is 4.28. The van der Waals surface area contributed by atoms with Gasteiger partial charge in [0.15, 0.2) is 35.7 Å². The smallest absolute Gasteiger partial charge is 0.231 e. The van der Waals surface area contributed by atoms with Crippen LogP contribution in [-0.2, 0) is 14.2 Å². The second-order valence-corrected chi connectivity index (χ2v) is 11.1. The molecule has 10 heteroatoms. The Kier molecular flexibility index (Phi) is 7.08. The monoisotopic (exact) mass is 555 g/mol. The van der Waals surface area contributed by atoms with E-state index in [1.165, 1.54) is 14.2 Å². The van der Waals surface area contributed by atoms with E-state index in [9.17, 15) is 5.11 Å². The summed E-state index contributed by atoms with van der Waals surface area (Å²) in [6.45, 7) is 5.18. The Labute approximate surface area is 234 Å². The second-order valence-electron chi connectivity index (χ2n) is 11.1. The van der Waals surface area contributed by atoms with E-state index in [1.54, 1.807) is 25.6 Å². The number of hydrogen-bond donors (Lipinski definition) is 1. The molecular weight excluding hydrogens is 518 g/mol. The predicted molar refractivity (Wildman–Crippen MR) is 146 cm³/mol. The molecule has 0 bridgehead atoms. The Morgan fingerprint density at radius 2 is 1.68 bits per heavy atom. The van der Waals surface area contributed by atoms with Crippen LogP contribution in [0.3, 0.4) is 0 Å². The summed E-state index contributed by atoms with van der Waals surface area (Å²) in [5.74, 6) is 2.38. The number of fused-ring (bicyclic) bond motifs is 1. The van der Waals surface area contributed by atoms with Crippen molar-refractivity contribution in [3.8, 4) is 45.6 Å². The first-order valence-electron chi connectivity index (χ1n) is 13.8. The highest BCUT2D eigenvalue weighted by molar-refractivity contribution is 5.83. The number of rotatable bonds is 7. The minimum Gasteiger partial charge on any atom is -0.502 e. The minimum atomic E-state index is -0.368. The Morgan fingerprint density at radius 3 is 2.30 bits per heavy atom. The van der Waals surface area contributed by atoms with Crippen LogP contribution in [0.15, 0.2) is 23.2 Å². The van der Waals surface area contributed by atoms with Crippen LogP contribution in [0.4, 0.5) is 0 Å². The van der Waals surface area contributed by atoms with Crippen molar-refractivity contribution in [2.75, 3.05) is 34.7 Å². The fourth-order valence-electron chi connectivity index (χ4n) is 6.32. The van der Waals surface area contributed by atoms with Crippen LogP contribution in [0, 0.1) is 11.8 Å². The van der Waals surface area contributed by atoms with Crippen molar-refractivity contribution in [2.45, 2.75) is 63.6 Å². The number of benzene rings is 2. The summed E-state index contributed by atoms with van der Waals surface area (Å²) in [7, 11) is 4.60. The Bertz CT molecular complexity index is 1250. The van der Waals surface area contributed by atoms with Crippen molar-refractivity contribution < 1.29 is 43.0 Å². The van der Waals surface area contributed by atoms with Crippen LogP contribution < -0.4 is 23.7 Å². The van der Waals surface area contributed by atoms with E-state index < -0.39 is 0 Å². The van der Waals surface area contributed by atoms with E-state index in [4.69, 9.17) is 37.9 Å². The maximum Gasteiger partial charge on any atom is 0.231 e. The van der Waals surface area contributed by atoms with Gasteiger partial charge in [0, 0.05) is 11.5 Å². The molecule has 3 heterocycles. The van der Waals surface area contributed by atoms with Crippen molar-refractivity contribution in [3.63, 3.8) is 0 Å². The minimum absolute atomic E-state index is 0.0774. The number of aliphatic imine (C=N–C) groups is 1. The molecule has 0 radical (unpaired) electrons. The van der Waals surface area contributed by atoms with Gasteiger partial charge in [0.25, 0.3) is 0 Å². The Morgan fingerprint density at radius 1 is 0.950 bits per heavy atom. The third kappa shape index (κ3) is 4.47. The highest BCUT2D eigenvalue weighted by Crippen LogP contribution is 2.56. The normalized spacial score (nSPS) is 30.5. The van der Waals surface area contributed by atoms with Gasteiger partial charge < -0.3 is 43.0 Å². The van der Waals surface area contributed by atoms with Gasteiger partial charge in [-0.1, -0.05) is 13.8 Å². The van der Waals surface area contributed by atoms with Crippen molar-refractivity contribution >= 4 is 6.40 Å². The first-order chi connectivity index (χ1) is 19.4. The molecule has 3 aliphatic heterocycles. The molecule has 4 aliphatic rings. The number of phenolic OH excluding ortho intramolecular Hbond substituents is 1. The van der Waals surface area contributed by atoms with Crippen LogP contribution >= 0.6 is 0 Å². The van der Waals surface area contributed by atoms with Crippen LogP contribution in [0.25, 0.3) is 11.1 Å². The molecule has 216 valence electrons. The summed E-state index contributed by atoms with van der Waals surface area (Å²) in [6.07, 6.45) is 4.67. The zero-order valence-electron chi connectivity index (χ0n) is 23.6. The lowest BCUT2D eigenvalue weighted by molar-refractivity contribution is -0.188. The third-order valence-corrected chi connectivity index (χ3v) is 8.87. The number of ether oxygens (including phenoxy) is 8. The molecule has 0 amide bonds. The fourth-order valence-corrected chi connectivity index (χ4v) is 6.32.